The van der Waals surface area contributed by atoms with Gasteiger partial charge in [-0.15, -0.1) is 11.3 Å². The quantitative estimate of drug-likeness (QED) is 0.484. The Hall–Kier alpha value is -3.04. The first-order chi connectivity index (χ1) is 16.2. The lowest BCUT2D eigenvalue weighted by molar-refractivity contribution is -0.126. The van der Waals surface area contributed by atoms with Crippen LogP contribution in [0.1, 0.15) is 18.9 Å². The second kappa shape index (κ2) is 8.32. The average Bonchev–Trinajstić information content (AvgIpc) is 3.27. The fourth-order valence-corrected chi connectivity index (χ4v) is 5.76. The van der Waals surface area contributed by atoms with Crippen molar-refractivity contribution in [3.8, 4) is 0 Å². The van der Waals surface area contributed by atoms with Crippen LogP contribution in [0.15, 0.2) is 42.1 Å². The zero-order valence-electron chi connectivity index (χ0n) is 18.3. The second-order valence-corrected chi connectivity index (χ2v) is 9.75. The number of alkyl halides is 1. The molecule has 2 aromatic heterocycles. The number of halogens is 3. The summed E-state index contributed by atoms with van der Waals surface area (Å²) in [6, 6.07) is 1.58. The molecular formula is C24H21ClF2N4O2S. The summed E-state index contributed by atoms with van der Waals surface area (Å²) in [5.74, 6) is -1.31. The number of aliphatic hydroxyl groups excluding tert-OH is 1. The lowest BCUT2D eigenvalue weighted by atomic mass is 9.83. The zero-order chi connectivity index (χ0) is 24.2. The van der Waals surface area contributed by atoms with Crippen LogP contribution in [0.3, 0.4) is 0 Å². The van der Waals surface area contributed by atoms with Gasteiger partial charge in [0.25, 0.3) is 0 Å². The Labute approximate surface area is 203 Å². The molecule has 5 rings (SSSR count). The number of aliphatic hydroxyl groups is 1. The summed E-state index contributed by atoms with van der Waals surface area (Å²) in [6.07, 6.45) is 4.12. The van der Waals surface area contributed by atoms with Crippen molar-refractivity contribution in [2.75, 3.05) is 31.1 Å². The molecule has 1 aliphatic heterocycles. The average molecular weight is 503 g/mol. The first-order valence-electron chi connectivity index (χ1n) is 10.7. The minimum atomic E-state index is -2.00. The Balaban J connectivity index is 1.71. The van der Waals surface area contributed by atoms with Gasteiger partial charge in [0.15, 0.2) is 11.5 Å². The van der Waals surface area contributed by atoms with E-state index in [9.17, 15) is 9.90 Å². The number of allylic oxidation sites excluding steroid dienone is 3. The van der Waals surface area contributed by atoms with E-state index in [0.29, 0.717) is 37.2 Å². The van der Waals surface area contributed by atoms with Gasteiger partial charge >= 0.3 is 0 Å². The lowest BCUT2D eigenvalue weighted by Crippen LogP contribution is -2.48. The lowest BCUT2D eigenvalue weighted by Gasteiger charge is -2.36. The molecule has 1 unspecified atom stereocenters. The first kappa shape index (κ1) is 22.7. The van der Waals surface area contributed by atoms with Crippen molar-refractivity contribution in [3.05, 3.63) is 58.5 Å². The van der Waals surface area contributed by atoms with E-state index in [1.54, 1.807) is 16.5 Å². The number of carbonyl (C=O) groups excluding carboxylic acids is 1. The van der Waals surface area contributed by atoms with Gasteiger partial charge in [0.05, 0.1) is 20.9 Å². The van der Waals surface area contributed by atoms with E-state index in [0.717, 1.165) is 10.4 Å². The predicted octanol–water partition coefficient (Wildman–Crippen LogP) is 5.43. The van der Waals surface area contributed by atoms with Crippen LogP contribution in [-0.2, 0) is 4.79 Å². The van der Waals surface area contributed by atoms with E-state index in [2.05, 4.69) is 21.4 Å². The van der Waals surface area contributed by atoms with Crippen LogP contribution in [0.5, 0.6) is 0 Å². The Bertz CT molecular complexity index is 1410. The van der Waals surface area contributed by atoms with Gasteiger partial charge in [-0.05, 0) is 25.1 Å². The molecule has 34 heavy (non-hydrogen) atoms. The van der Waals surface area contributed by atoms with Crippen molar-refractivity contribution < 1.29 is 18.7 Å². The normalized spacial score (nSPS) is 21.1. The van der Waals surface area contributed by atoms with E-state index in [1.165, 1.54) is 36.5 Å². The van der Waals surface area contributed by atoms with Crippen molar-refractivity contribution in [1.29, 1.82) is 0 Å². The summed E-state index contributed by atoms with van der Waals surface area (Å²) < 4.78 is 32.2. The van der Waals surface area contributed by atoms with Gasteiger partial charge in [0.1, 0.15) is 16.9 Å². The van der Waals surface area contributed by atoms with Gasteiger partial charge in [-0.3, -0.25) is 4.79 Å². The summed E-state index contributed by atoms with van der Waals surface area (Å²) in [4.78, 5) is 24.5. The molecule has 0 radical (unpaired) electrons. The summed E-state index contributed by atoms with van der Waals surface area (Å²) >= 11 is 7.94. The number of amides is 1. The van der Waals surface area contributed by atoms with E-state index >= 15 is 8.78 Å². The smallest absolute Gasteiger partial charge is 0.246 e. The monoisotopic (exact) mass is 502 g/mol. The number of aromatic nitrogens is 2. The third kappa shape index (κ3) is 3.54. The van der Waals surface area contributed by atoms with Gasteiger partial charge in [-0.1, -0.05) is 24.3 Å². The van der Waals surface area contributed by atoms with Crippen molar-refractivity contribution in [2.24, 2.45) is 0 Å². The minimum absolute atomic E-state index is 0.00282. The van der Waals surface area contributed by atoms with E-state index < -0.39 is 11.5 Å². The second-order valence-electron chi connectivity index (χ2n) is 8.49. The number of benzene rings is 1. The maximum absolute atomic E-state index is 16.0. The van der Waals surface area contributed by atoms with Crippen LogP contribution < -0.4 is 4.90 Å². The van der Waals surface area contributed by atoms with Crippen LogP contribution in [0.2, 0.25) is 5.02 Å². The number of nitrogens with zero attached hydrogens (tertiary/aromatic N) is 4. The Morgan fingerprint density at radius 2 is 2.09 bits per heavy atom. The number of thiazole rings is 1. The molecule has 3 heterocycles. The fraction of sp³-hybridized carbons (Fsp3) is 0.292. The molecule has 3 aromatic rings. The molecule has 10 heteroatoms. The van der Waals surface area contributed by atoms with Gasteiger partial charge in [0, 0.05) is 49.1 Å². The fourth-order valence-electron chi connectivity index (χ4n) is 4.66. The van der Waals surface area contributed by atoms with Gasteiger partial charge in [-0.2, -0.15) is 0 Å². The van der Waals surface area contributed by atoms with E-state index in [-0.39, 0.29) is 39.8 Å². The first-order valence-corrected chi connectivity index (χ1v) is 12.0. The number of hydrogen-bond acceptors (Lipinski definition) is 6. The Morgan fingerprint density at radius 1 is 1.35 bits per heavy atom. The van der Waals surface area contributed by atoms with E-state index in [4.69, 9.17) is 11.6 Å². The highest BCUT2D eigenvalue weighted by Gasteiger charge is 2.37. The van der Waals surface area contributed by atoms with Gasteiger partial charge in [0.2, 0.25) is 5.91 Å². The SMILES string of the molecule is C=CC(=O)N1CCN(c2c3cc(Cl)c(C4=C(O)C=CCC4(C)F)c(F)c3nc3ncsc23)CC1. The molecule has 1 amide bonds. The van der Waals surface area contributed by atoms with Crippen LogP contribution in [-0.4, -0.2) is 57.7 Å². The van der Waals surface area contributed by atoms with Crippen LogP contribution in [0, 0.1) is 5.82 Å². The topological polar surface area (TPSA) is 69.6 Å². The van der Waals surface area contributed by atoms with Crippen molar-refractivity contribution >= 4 is 61.4 Å². The molecule has 1 atom stereocenters. The highest BCUT2D eigenvalue weighted by atomic mass is 35.5. The molecule has 176 valence electrons. The summed E-state index contributed by atoms with van der Waals surface area (Å²) in [5.41, 5.74) is 0.339. The van der Waals surface area contributed by atoms with Crippen molar-refractivity contribution in [1.82, 2.24) is 14.9 Å². The molecule has 1 N–H and O–H groups in total. The number of fused-ring (bicyclic) bond motifs is 2. The van der Waals surface area contributed by atoms with Gasteiger partial charge < -0.3 is 14.9 Å². The molecular weight excluding hydrogens is 482 g/mol. The van der Waals surface area contributed by atoms with Crippen LogP contribution in [0.4, 0.5) is 14.5 Å². The number of hydrogen-bond donors (Lipinski definition) is 1. The van der Waals surface area contributed by atoms with Crippen LogP contribution in [0.25, 0.3) is 26.8 Å². The summed E-state index contributed by atoms with van der Waals surface area (Å²) in [6.45, 7) is 6.83. The van der Waals surface area contributed by atoms with Crippen molar-refractivity contribution in [3.63, 3.8) is 0 Å². The predicted molar refractivity (Wildman–Crippen MR) is 132 cm³/mol. The highest BCUT2D eigenvalue weighted by molar-refractivity contribution is 7.17. The zero-order valence-corrected chi connectivity index (χ0v) is 19.9. The molecule has 1 aromatic carbocycles. The molecule has 1 aliphatic carbocycles. The largest absolute Gasteiger partial charge is 0.508 e. The number of piperazine rings is 1. The molecule has 1 saturated heterocycles. The Morgan fingerprint density at radius 3 is 2.76 bits per heavy atom. The number of pyridine rings is 1. The van der Waals surface area contributed by atoms with Gasteiger partial charge in [-0.25, -0.2) is 18.7 Å². The Kier molecular flexibility index (Phi) is 5.56. The molecule has 2 aliphatic rings. The van der Waals surface area contributed by atoms with Crippen LogP contribution >= 0.6 is 22.9 Å². The molecule has 0 spiro atoms. The highest BCUT2D eigenvalue weighted by Crippen LogP contribution is 2.46. The third-order valence-corrected chi connectivity index (χ3v) is 7.44. The number of anilines is 1. The summed E-state index contributed by atoms with van der Waals surface area (Å²) in [5, 5.41) is 10.9. The van der Waals surface area contributed by atoms with Crippen molar-refractivity contribution in [2.45, 2.75) is 19.0 Å². The summed E-state index contributed by atoms with van der Waals surface area (Å²) in [7, 11) is 0. The standard InChI is InChI=1S/C24H21ClF2N4O2S/c1-3-16(33)30-7-9-31(10-8-30)21-13-11-14(25)17(18-15(32)5-4-6-24(18,2)27)19(26)20(13)29-23-22(21)34-12-28-23/h3-5,11-12,32H,1,6-10H2,2H3. The maximum atomic E-state index is 16.0. The molecule has 0 bridgehead atoms. The third-order valence-electron chi connectivity index (χ3n) is 6.32. The molecule has 0 saturated carbocycles. The van der Waals surface area contributed by atoms with E-state index in [1.807, 2.05) is 0 Å². The minimum Gasteiger partial charge on any atom is -0.508 e. The molecule has 6 nitrogen and oxygen atoms in total. The number of rotatable bonds is 3. The maximum Gasteiger partial charge on any atom is 0.246 e. The molecule has 1 fully saturated rings. The number of carbonyl (C=O) groups is 1.